The van der Waals surface area contributed by atoms with Crippen LogP contribution in [-0.4, -0.2) is 41.4 Å². The van der Waals surface area contributed by atoms with Crippen LogP contribution in [0.3, 0.4) is 0 Å². The third-order valence-electron chi connectivity index (χ3n) is 3.97. The van der Waals surface area contributed by atoms with Gasteiger partial charge < -0.3 is 10.0 Å². The van der Waals surface area contributed by atoms with E-state index in [1.165, 1.54) is 17.1 Å². The number of hydrogen-bond donors (Lipinski definition) is 1. The van der Waals surface area contributed by atoms with Gasteiger partial charge in [-0.1, -0.05) is 41.7 Å². The molecule has 1 aliphatic carbocycles. The summed E-state index contributed by atoms with van der Waals surface area (Å²) in [5, 5.41) is 10.8. The Labute approximate surface area is 154 Å². The van der Waals surface area contributed by atoms with E-state index < -0.39 is 5.60 Å². The van der Waals surface area contributed by atoms with E-state index in [0.29, 0.717) is 16.7 Å². The molecule has 1 aliphatic rings. The summed E-state index contributed by atoms with van der Waals surface area (Å²) >= 11 is 0. The Morgan fingerprint density at radius 3 is 2.62 bits per heavy atom. The van der Waals surface area contributed by atoms with Crippen molar-refractivity contribution in [3.63, 3.8) is 0 Å². The second-order valence-corrected chi connectivity index (χ2v) is 6.67. The van der Waals surface area contributed by atoms with E-state index >= 15 is 0 Å². The van der Waals surface area contributed by atoms with Crippen LogP contribution in [0.25, 0.3) is 0 Å². The summed E-state index contributed by atoms with van der Waals surface area (Å²) in [6.07, 6.45) is 6.36. The Kier molecular flexibility index (Phi) is 5.97. The van der Waals surface area contributed by atoms with Gasteiger partial charge >= 0.3 is 0 Å². The van der Waals surface area contributed by atoms with E-state index in [1.807, 2.05) is 19.9 Å². The number of nitrogens with zero attached hydrogens (tertiary/aromatic N) is 1. The summed E-state index contributed by atoms with van der Waals surface area (Å²) in [6.45, 7) is 3.84. The van der Waals surface area contributed by atoms with E-state index in [0.717, 1.165) is 5.57 Å². The minimum absolute atomic E-state index is 0.0716. The molecule has 134 valence electrons. The second-order valence-electron chi connectivity index (χ2n) is 6.67. The van der Waals surface area contributed by atoms with E-state index in [9.17, 15) is 14.7 Å². The van der Waals surface area contributed by atoms with Gasteiger partial charge in [0.2, 0.25) is 0 Å². The van der Waals surface area contributed by atoms with E-state index in [2.05, 4.69) is 11.8 Å². The highest BCUT2D eigenvalue weighted by molar-refractivity contribution is 6.09. The van der Waals surface area contributed by atoms with Crippen LogP contribution in [-0.2, 0) is 4.79 Å². The van der Waals surface area contributed by atoms with E-state index in [4.69, 9.17) is 0 Å². The van der Waals surface area contributed by atoms with E-state index in [-0.39, 0.29) is 18.1 Å². The van der Waals surface area contributed by atoms with Crippen molar-refractivity contribution >= 4 is 11.7 Å². The molecule has 1 N–H and O–H groups in total. The van der Waals surface area contributed by atoms with Crippen LogP contribution >= 0.6 is 0 Å². The second kappa shape index (κ2) is 7.99. The van der Waals surface area contributed by atoms with Crippen LogP contribution in [0.15, 0.2) is 59.7 Å². The van der Waals surface area contributed by atoms with Crippen molar-refractivity contribution in [2.75, 3.05) is 14.1 Å². The molecule has 0 aromatic heterocycles. The minimum atomic E-state index is -1.41. The van der Waals surface area contributed by atoms with Crippen LogP contribution < -0.4 is 0 Å². The van der Waals surface area contributed by atoms with Gasteiger partial charge in [-0.15, -0.1) is 0 Å². The molecular weight excluding hydrogens is 326 g/mol. The van der Waals surface area contributed by atoms with Gasteiger partial charge in [-0.2, -0.15) is 0 Å². The Balaban J connectivity index is 2.29. The van der Waals surface area contributed by atoms with Gasteiger partial charge in [0.15, 0.2) is 5.78 Å². The summed E-state index contributed by atoms with van der Waals surface area (Å²) in [4.78, 5) is 25.7. The maximum atomic E-state index is 12.2. The standard InChI is InChI=1S/C22H23NO3/c1-16(2)11-12-19-20(24)13-15-22(19,26)14-7-9-17-8-5-6-10-18(17)21(25)23(3)4/h5-6,8,10-13,15,26H,14H2,1-4H3/b19-12-. The average Bonchev–Trinajstić information content (AvgIpc) is 2.87. The molecular formula is C22H23NO3. The predicted octanol–water partition coefficient (Wildman–Crippen LogP) is 2.89. The number of ketones is 1. The maximum Gasteiger partial charge on any atom is 0.254 e. The fourth-order valence-corrected chi connectivity index (χ4v) is 2.53. The van der Waals surface area contributed by atoms with Crippen molar-refractivity contribution in [1.82, 2.24) is 4.90 Å². The topological polar surface area (TPSA) is 57.6 Å². The predicted molar refractivity (Wildman–Crippen MR) is 103 cm³/mol. The number of rotatable bonds is 3. The largest absolute Gasteiger partial charge is 0.380 e. The number of aliphatic hydroxyl groups is 1. The molecule has 0 saturated heterocycles. The number of carbonyl (C=O) groups excluding carboxylic acids is 2. The number of benzene rings is 1. The third-order valence-corrected chi connectivity index (χ3v) is 3.97. The summed E-state index contributed by atoms with van der Waals surface area (Å²) in [5.74, 6) is 5.53. The smallest absolute Gasteiger partial charge is 0.254 e. The monoisotopic (exact) mass is 349 g/mol. The zero-order valence-electron chi connectivity index (χ0n) is 15.5. The molecule has 1 atom stereocenters. The number of amides is 1. The maximum absolute atomic E-state index is 12.2. The zero-order chi connectivity index (χ0) is 19.3. The number of hydrogen-bond acceptors (Lipinski definition) is 3. The first-order valence-corrected chi connectivity index (χ1v) is 8.36. The van der Waals surface area contributed by atoms with Gasteiger partial charge in [0, 0.05) is 31.7 Å². The zero-order valence-corrected chi connectivity index (χ0v) is 15.5. The van der Waals surface area contributed by atoms with Crippen LogP contribution in [0.2, 0.25) is 0 Å². The van der Waals surface area contributed by atoms with E-state index in [1.54, 1.807) is 44.4 Å². The van der Waals surface area contributed by atoms with Crippen molar-refractivity contribution in [2.45, 2.75) is 25.9 Å². The molecule has 2 rings (SSSR count). The number of allylic oxidation sites excluding steroid dienone is 4. The van der Waals surface area contributed by atoms with Crippen molar-refractivity contribution < 1.29 is 14.7 Å². The van der Waals surface area contributed by atoms with Gasteiger partial charge in [0.25, 0.3) is 5.91 Å². The first-order valence-electron chi connectivity index (χ1n) is 8.36. The lowest BCUT2D eigenvalue weighted by molar-refractivity contribution is -0.112. The molecule has 0 aliphatic heterocycles. The molecule has 4 nitrogen and oxygen atoms in total. The summed E-state index contributed by atoms with van der Waals surface area (Å²) < 4.78 is 0. The van der Waals surface area contributed by atoms with Gasteiger partial charge in [-0.3, -0.25) is 9.59 Å². The van der Waals surface area contributed by atoms with Crippen molar-refractivity contribution in [3.8, 4) is 11.8 Å². The lowest BCUT2D eigenvalue weighted by atomic mass is 9.92. The quantitative estimate of drug-likeness (QED) is 0.674. The molecule has 0 fully saturated rings. The van der Waals surface area contributed by atoms with Crippen LogP contribution in [0.1, 0.15) is 36.2 Å². The summed E-state index contributed by atoms with van der Waals surface area (Å²) in [6, 6.07) is 7.09. The molecule has 26 heavy (non-hydrogen) atoms. The third kappa shape index (κ3) is 4.38. The summed E-state index contributed by atoms with van der Waals surface area (Å²) in [7, 11) is 3.37. The lowest BCUT2D eigenvalue weighted by Crippen LogP contribution is -2.27. The average molecular weight is 349 g/mol. The van der Waals surface area contributed by atoms with Crippen molar-refractivity contribution in [1.29, 1.82) is 0 Å². The van der Waals surface area contributed by atoms with Gasteiger partial charge in [-0.05, 0) is 38.1 Å². The SMILES string of the molecule is CC(C)=C/C=C1/C(=O)C=CC1(O)CC#Cc1ccccc1C(=O)N(C)C. The fraction of sp³-hybridized carbons (Fsp3) is 0.273. The normalized spacial score (nSPS) is 19.9. The van der Waals surface area contributed by atoms with Gasteiger partial charge in [-0.25, -0.2) is 0 Å². The van der Waals surface area contributed by atoms with Crippen LogP contribution in [0.4, 0.5) is 0 Å². The van der Waals surface area contributed by atoms with Crippen molar-refractivity contribution in [3.05, 3.63) is 70.8 Å². The van der Waals surface area contributed by atoms with Crippen LogP contribution in [0.5, 0.6) is 0 Å². The van der Waals surface area contributed by atoms with Gasteiger partial charge in [0.05, 0.1) is 5.56 Å². The molecule has 0 heterocycles. The Hall–Kier alpha value is -2.90. The molecule has 0 saturated carbocycles. The minimum Gasteiger partial charge on any atom is -0.380 e. The summed E-state index contributed by atoms with van der Waals surface area (Å²) in [5.41, 5.74) is 1.04. The highest BCUT2D eigenvalue weighted by Gasteiger charge is 2.36. The fourth-order valence-electron chi connectivity index (χ4n) is 2.53. The Morgan fingerprint density at radius 1 is 1.27 bits per heavy atom. The highest BCUT2D eigenvalue weighted by atomic mass is 16.3. The molecule has 4 heteroatoms. The Bertz CT molecular complexity index is 874. The number of carbonyl (C=O) groups is 2. The Morgan fingerprint density at radius 2 is 1.96 bits per heavy atom. The molecule has 0 spiro atoms. The highest BCUT2D eigenvalue weighted by Crippen LogP contribution is 2.29. The first kappa shape index (κ1) is 19.4. The van der Waals surface area contributed by atoms with Crippen LogP contribution in [0, 0.1) is 11.8 Å². The molecule has 1 unspecified atom stereocenters. The molecule has 0 radical (unpaired) electrons. The molecule has 1 amide bonds. The molecule has 1 aromatic carbocycles. The first-order chi connectivity index (χ1) is 12.2. The lowest BCUT2D eigenvalue weighted by Gasteiger charge is -2.19. The molecule has 0 bridgehead atoms. The molecule has 1 aromatic rings. The van der Waals surface area contributed by atoms with Gasteiger partial charge in [0.1, 0.15) is 5.60 Å². The van der Waals surface area contributed by atoms with Crippen molar-refractivity contribution in [2.24, 2.45) is 0 Å².